The molecule has 1 saturated heterocycles. The van der Waals surface area contributed by atoms with Crippen LogP contribution in [0, 0.1) is 0 Å². The number of hydrogen-bond acceptors (Lipinski definition) is 5. The van der Waals surface area contributed by atoms with Crippen LogP contribution in [0.5, 0.6) is 11.5 Å². The molecule has 0 bridgehead atoms. The van der Waals surface area contributed by atoms with Gasteiger partial charge in [-0.3, -0.25) is 4.90 Å². The van der Waals surface area contributed by atoms with Gasteiger partial charge in [0.1, 0.15) is 0 Å². The van der Waals surface area contributed by atoms with Gasteiger partial charge in [-0.05, 0) is 24.1 Å². The van der Waals surface area contributed by atoms with E-state index in [4.69, 9.17) is 4.74 Å². The predicted molar refractivity (Wildman–Crippen MR) is 73.5 cm³/mol. The molecule has 1 fully saturated rings. The normalized spacial score (nSPS) is 18.2. The number of aliphatic hydroxyl groups excluding tert-OH is 1. The summed E-state index contributed by atoms with van der Waals surface area (Å²) in [5, 5.41) is 22.3. The third kappa shape index (κ3) is 3.37. The number of aliphatic hydroxyl groups is 1. The summed E-state index contributed by atoms with van der Waals surface area (Å²) in [6, 6.07) is 5.58. The monoisotopic (exact) mass is 266 g/mol. The van der Waals surface area contributed by atoms with E-state index in [1.54, 1.807) is 13.2 Å². The van der Waals surface area contributed by atoms with Crippen molar-refractivity contribution in [1.82, 2.24) is 10.2 Å². The predicted octanol–water partition coefficient (Wildman–Crippen LogP) is 0.729. The van der Waals surface area contributed by atoms with E-state index in [0.29, 0.717) is 12.2 Å². The average Bonchev–Trinajstić information content (AvgIpc) is 2.46. The first kappa shape index (κ1) is 14.1. The molecule has 1 aromatic carbocycles. The molecule has 0 aromatic heterocycles. The zero-order valence-corrected chi connectivity index (χ0v) is 11.3. The molecule has 5 heteroatoms. The average molecular weight is 266 g/mol. The molecule has 1 heterocycles. The number of nitrogens with zero attached hydrogens (tertiary/aromatic N) is 1. The summed E-state index contributed by atoms with van der Waals surface area (Å²) in [5.74, 6) is 0.630. The van der Waals surface area contributed by atoms with E-state index in [0.717, 1.165) is 31.7 Å². The number of nitrogens with one attached hydrogen (secondary N) is 1. The van der Waals surface area contributed by atoms with Crippen LogP contribution in [0.2, 0.25) is 0 Å². The van der Waals surface area contributed by atoms with E-state index in [-0.39, 0.29) is 18.4 Å². The van der Waals surface area contributed by atoms with Crippen LogP contribution in [-0.2, 0) is 0 Å². The van der Waals surface area contributed by atoms with Gasteiger partial charge in [0, 0.05) is 38.8 Å². The van der Waals surface area contributed by atoms with Gasteiger partial charge < -0.3 is 20.3 Å². The molecule has 3 N–H and O–H groups in total. The molecule has 106 valence electrons. The molecule has 2 rings (SSSR count). The lowest BCUT2D eigenvalue weighted by molar-refractivity contribution is 0.141. The molecule has 1 aliphatic rings. The Labute approximate surface area is 113 Å². The van der Waals surface area contributed by atoms with E-state index < -0.39 is 0 Å². The second-order valence-electron chi connectivity index (χ2n) is 4.75. The molecule has 1 aromatic rings. The minimum Gasteiger partial charge on any atom is -0.504 e. The zero-order chi connectivity index (χ0) is 13.7. The third-order valence-corrected chi connectivity index (χ3v) is 3.58. The van der Waals surface area contributed by atoms with Gasteiger partial charge in [-0.1, -0.05) is 6.07 Å². The fourth-order valence-electron chi connectivity index (χ4n) is 2.58. The SMILES string of the molecule is COc1cc([C@@H](CCO)N2CCNCC2)ccc1O. The maximum Gasteiger partial charge on any atom is 0.160 e. The van der Waals surface area contributed by atoms with E-state index in [2.05, 4.69) is 10.2 Å². The van der Waals surface area contributed by atoms with Crippen LogP contribution < -0.4 is 10.1 Å². The van der Waals surface area contributed by atoms with Gasteiger partial charge in [-0.15, -0.1) is 0 Å². The van der Waals surface area contributed by atoms with Crippen LogP contribution in [0.4, 0.5) is 0 Å². The molecular formula is C14H22N2O3. The molecule has 19 heavy (non-hydrogen) atoms. The quantitative estimate of drug-likeness (QED) is 0.733. The van der Waals surface area contributed by atoms with E-state index in [9.17, 15) is 10.2 Å². The number of methoxy groups -OCH3 is 1. The van der Waals surface area contributed by atoms with Crippen LogP contribution in [0.25, 0.3) is 0 Å². The summed E-state index contributed by atoms with van der Waals surface area (Å²) in [6.45, 7) is 4.02. The van der Waals surface area contributed by atoms with Gasteiger partial charge >= 0.3 is 0 Å². The first-order chi connectivity index (χ1) is 9.26. The van der Waals surface area contributed by atoms with Gasteiger partial charge in [0.05, 0.1) is 7.11 Å². The minimum absolute atomic E-state index is 0.148. The molecule has 0 saturated carbocycles. The van der Waals surface area contributed by atoms with E-state index in [1.807, 2.05) is 12.1 Å². The van der Waals surface area contributed by atoms with Gasteiger partial charge in [-0.2, -0.15) is 0 Å². The van der Waals surface area contributed by atoms with Crippen molar-refractivity contribution < 1.29 is 14.9 Å². The Morgan fingerprint density at radius 3 is 2.74 bits per heavy atom. The largest absolute Gasteiger partial charge is 0.504 e. The fraction of sp³-hybridized carbons (Fsp3) is 0.571. The highest BCUT2D eigenvalue weighted by atomic mass is 16.5. The lowest BCUT2D eigenvalue weighted by Gasteiger charge is -2.35. The highest BCUT2D eigenvalue weighted by molar-refractivity contribution is 5.42. The van der Waals surface area contributed by atoms with Gasteiger partial charge in [-0.25, -0.2) is 0 Å². The second-order valence-corrected chi connectivity index (χ2v) is 4.75. The molecule has 1 aliphatic heterocycles. The van der Waals surface area contributed by atoms with Crippen molar-refractivity contribution in [3.05, 3.63) is 23.8 Å². The molecule has 0 unspecified atom stereocenters. The Morgan fingerprint density at radius 1 is 1.37 bits per heavy atom. The summed E-state index contributed by atoms with van der Waals surface area (Å²) in [5.41, 5.74) is 1.07. The Hall–Kier alpha value is -1.30. The second kappa shape index (κ2) is 6.75. The zero-order valence-electron chi connectivity index (χ0n) is 11.3. The highest BCUT2D eigenvalue weighted by Crippen LogP contribution is 2.32. The number of phenolic OH excluding ortho intramolecular Hbond substituents is 1. The molecule has 0 aliphatic carbocycles. The number of aromatic hydroxyl groups is 1. The number of hydrogen-bond donors (Lipinski definition) is 3. The number of ether oxygens (including phenoxy) is 1. The standard InChI is InChI=1S/C14H22N2O3/c1-19-14-10-11(2-3-13(14)18)12(4-9-17)16-7-5-15-6-8-16/h2-3,10,12,15,17-18H,4-9H2,1H3/t12-/m1/s1. The Morgan fingerprint density at radius 2 is 2.11 bits per heavy atom. The van der Waals surface area contributed by atoms with E-state index >= 15 is 0 Å². The molecule has 0 radical (unpaired) electrons. The smallest absolute Gasteiger partial charge is 0.160 e. The summed E-state index contributed by atoms with van der Waals surface area (Å²) < 4.78 is 5.16. The molecule has 0 spiro atoms. The topological polar surface area (TPSA) is 65.0 Å². The first-order valence-electron chi connectivity index (χ1n) is 6.68. The number of piperazine rings is 1. The molecular weight excluding hydrogens is 244 g/mol. The summed E-state index contributed by atoms with van der Waals surface area (Å²) in [7, 11) is 1.55. The summed E-state index contributed by atoms with van der Waals surface area (Å²) in [6.07, 6.45) is 0.688. The van der Waals surface area contributed by atoms with Gasteiger partial charge in [0.2, 0.25) is 0 Å². The maximum absolute atomic E-state index is 9.66. The minimum atomic E-state index is 0.148. The van der Waals surface area contributed by atoms with Crippen molar-refractivity contribution in [3.63, 3.8) is 0 Å². The highest BCUT2D eigenvalue weighted by Gasteiger charge is 2.22. The Bertz CT molecular complexity index is 406. The number of phenols is 1. The van der Waals surface area contributed by atoms with Gasteiger partial charge in [0.25, 0.3) is 0 Å². The van der Waals surface area contributed by atoms with Crippen molar-refractivity contribution in [2.75, 3.05) is 39.9 Å². The lowest BCUT2D eigenvalue weighted by atomic mass is 10.0. The number of rotatable bonds is 5. The van der Waals surface area contributed by atoms with Crippen LogP contribution in [0.3, 0.4) is 0 Å². The van der Waals surface area contributed by atoms with Crippen molar-refractivity contribution in [1.29, 1.82) is 0 Å². The Kier molecular flexibility index (Phi) is 5.01. The maximum atomic E-state index is 9.66. The third-order valence-electron chi connectivity index (χ3n) is 3.58. The van der Waals surface area contributed by atoms with Crippen molar-refractivity contribution in [2.45, 2.75) is 12.5 Å². The molecule has 1 atom stereocenters. The van der Waals surface area contributed by atoms with Crippen molar-refractivity contribution in [2.24, 2.45) is 0 Å². The van der Waals surface area contributed by atoms with Crippen molar-refractivity contribution in [3.8, 4) is 11.5 Å². The van der Waals surface area contributed by atoms with Crippen molar-refractivity contribution >= 4 is 0 Å². The van der Waals surface area contributed by atoms with Gasteiger partial charge in [0.15, 0.2) is 11.5 Å². The van der Waals surface area contributed by atoms with Crippen LogP contribution in [-0.4, -0.2) is 55.0 Å². The van der Waals surface area contributed by atoms with Crippen LogP contribution in [0.1, 0.15) is 18.0 Å². The Balaban J connectivity index is 2.22. The summed E-state index contributed by atoms with van der Waals surface area (Å²) in [4.78, 5) is 2.36. The number of benzene rings is 1. The fourth-order valence-corrected chi connectivity index (χ4v) is 2.58. The lowest BCUT2D eigenvalue weighted by Crippen LogP contribution is -2.45. The molecule has 0 amide bonds. The van der Waals surface area contributed by atoms with Crippen LogP contribution >= 0.6 is 0 Å². The first-order valence-corrected chi connectivity index (χ1v) is 6.68. The van der Waals surface area contributed by atoms with Crippen LogP contribution in [0.15, 0.2) is 18.2 Å². The molecule has 5 nitrogen and oxygen atoms in total. The van der Waals surface area contributed by atoms with E-state index in [1.165, 1.54) is 0 Å². The summed E-state index contributed by atoms with van der Waals surface area (Å²) >= 11 is 0.